The maximum absolute atomic E-state index is 12.2. The molecule has 0 amide bonds. The predicted octanol–water partition coefficient (Wildman–Crippen LogP) is 3.34. The molecule has 2 heterocycles. The molecule has 9 heteroatoms. The molecule has 7 nitrogen and oxygen atoms in total. The van der Waals surface area contributed by atoms with E-state index >= 15 is 0 Å². The van der Waals surface area contributed by atoms with E-state index in [1.165, 1.54) is 37.5 Å². The average molecular weight is 419 g/mol. The van der Waals surface area contributed by atoms with Gasteiger partial charge in [-0.3, -0.25) is 0 Å². The molecule has 148 valence electrons. The highest BCUT2D eigenvalue weighted by Gasteiger charge is 2.30. The summed E-state index contributed by atoms with van der Waals surface area (Å²) in [5.41, 5.74) is 1.20. The minimum Gasteiger partial charge on any atom is -0.447 e. The van der Waals surface area contributed by atoms with E-state index in [1.807, 2.05) is 18.2 Å². The molecular weight excluding hydrogens is 396 g/mol. The van der Waals surface area contributed by atoms with E-state index in [4.69, 9.17) is 4.42 Å². The van der Waals surface area contributed by atoms with Gasteiger partial charge >= 0.3 is 0 Å². The number of aromatic nitrogens is 3. The van der Waals surface area contributed by atoms with Crippen molar-refractivity contribution in [3.05, 3.63) is 59.6 Å². The Bertz CT molecular complexity index is 1050. The average Bonchev–Trinajstić information content (AvgIpc) is 3.26. The highest BCUT2D eigenvalue weighted by atomic mass is 32.2. The number of benzene rings is 1. The number of furan rings is 1. The van der Waals surface area contributed by atoms with Gasteiger partial charge in [0.15, 0.2) is 5.16 Å². The van der Waals surface area contributed by atoms with Crippen LogP contribution in [-0.4, -0.2) is 41.6 Å². The van der Waals surface area contributed by atoms with Crippen LogP contribution in [0.2, 0.25) is 0 Å². The van der Waals surface area contributed by atoms with Crippen molar-refractivity contribution in [2.45, 2.75) is 41.3 Å². The van der Waals surface area contributed by atoms with E-state index in [2.05, 4.69) is 26.9 Å². The van der Waals surface area contributed by atoms with E-state index in [0.717, 1.165) is 34.7 Å². The summed E-state index contributed by atoms with van der Waals surface area (Å²) in [6.07, 6.45) is 2.31. The van der Waals surface area contributed by atoms with E-state index in [-0.39, 0.29) is 5.09 Å². The molecule has 0 saturated heterocycles. The molecule has 1 saturated carbocycles. The number of nitrogens with zero attached hydrogens (tertiary/aromatic N) is 4. The fourth-order valence-electron chi connectivity index (χ4n) is 2.86. The van der Waals surface area contributed by atoms with Crippen LogP contribution in [0.5, 0.6) is 0 Å². The normalized spacial score (nSPS) is 14.7. The van der Waals surface area contributed by atoms with Gasteiger partial charge in [-0.25, -0.2) is 12.7 Å². The van der Waals surface area contributed by atoms with E-state index in [0.29, 0.717) is 17.4 Å². The Labute approximate surface area is 168 Å². The molecule has 1 fully saturated rings. The van der Waals surface area contributed by atoms with Crippen molar-refractivity contribution in [3.8, 4) is 0 Å². The molecule has 1 aliphatic carbocycles. The SMILES string of the molecule is CN(C)S(=O)(=O)c1ccc(CSc2nnc(C3CC3)n2Cc2ccccc2)o1. The highest BCUT2D eigenvalue weighted by molar-refractivity contribution is 7.98. The second-order valence-electron chi connectivity index (χ2n) is 6.98. The Morgan fingerprint density at radius 2 is 1.89 bits per heavy atom. The molecule has 28 heavy (non-hydrogen) atoms. The lowest BCUT2D eigenvalue weighted by Gasteiger charge is -2.10. The second-order valence-corrected chi connectivity index (χ2v) is 10.0. The molecule has 0 aliphatic heterocycles. The van der Waals surface area contributed by atoms with Crippen LogP contribution in [0, 0.1) is 0 Å². The van der Waals surface area contributed by atoms with Gasteiger partial charge in [0.1, 0.15) is 11.6 Å². The largest absolute Gasteiger partial charge is 0.447 e. The minimum absolute atomic E-state index is 0.0440. The first-order valence-electron chi connectivity index (χ1n) is 9.06. The van der Waals surface area contributed by atoms with Crippen molar-refractivity contribution in [1.29, 1.82) is 0 Å². The van der Waals surface area contributed by atoms with Crippen molar-refractivity contribution in [1.82, 2.24) is 19.1 Å². The first-order chi connectivity index (χ1) is 13.4. The maximum Gasteiger partial charge on any atom is 0.275 e. The molecule has 0 N–H and O–H groups in total. The third-order valence-electron chi connectivity index (χ3n) is 4.59. The van der Waals surface area contributed by atoms with Crippen LogP contribution in [0.25, 0.3) is 0 Å². The summed E-state index contributed by atoms with van der Waals surface area (Å²) >= 11 is 1.50. The smallest absolute Gasteiger partial charge is 0.275 e. The third kappa shape index (κ3) is 4.01. The van der Waals surface area contributed by atoms with Gasteiger partial charge in [-0.15, -0.1) is 10.2 Å². The van der Waals surface area contributed by atoms with E-state index < -0.39 is 10.0 Å². The molecule has 0 bridgehead atoms. The van der Waals surface area contributed by atoms with Gasteiger partial charge in [0.25, 0.3) is 10.0 Å². The van der Waals surface area contributed by atoms with Crippen molar-refractivity contribution in [2.75, 3.05) is 14.1 Å². The lowest BCUT2D eigenvalue weighted by atomic mass is 10.2. The van der Waals surface area contributed by atoms with Gasteiger partial charge in [-0.05, 0) is 30.5 Å². The molecular formula is C19H22N4O3S2. The number of hydrogen-bond donors (Lipinski definition) is 0. The lowest BCUT2D eigenvalue weighted by Crippen LogP contribution is -2.21. The van der Waals surface area contributed by atoms with E-state index in [9.17, 15) is 8.42 Å². The van der Waals surface area contributed by atoms with Crippen LogP contribution < -0.4 is 0 Å². The molecule has 3 aromatic rings. The quantitative estimate of drug-likeness (QED) is 0.522. The minimum atomic E-state index is -3.56. The molecule has 0 atom stereocenters. The van der Waals surface area contributed by atoms with Crippen LogP contribution in [0.15, 0.2) is 57.1 Å². The Morgan fingerprint density at radius 1 is 1.14 bits per heavy atom. The van der Waals surface area contributed by atoms with Gasteiger partial charge in [0, 0.05) is 20.0 Å². The zero-order valence-corrected chi connectivity index (χ0v) is 17.4. The fourth-order valence-corrected chi connectivity index (χ4v) is 4.51. The summed E-state index contributed by atoms with van der Waals surface area (Å²) in [7, 11) is -0.595. The number of sulfonamides is 1. The maximum atomic E-state index is 12.2. The molecule has 0 radical (unpaired) electrons. The standard InChI is InChI=1S/C19H22N4O3S2/c1-22(2)28(24,25)17-11-10-16(26-17)13-27-19-21-20-18(15-8-9-15)23(19)12-14-6-4-3-5-7-14/h3-7,10-11,15H,8-9,12-13H2,1-2H3. The number of hydrogen-bond acceptors (Lipinski definition) is 6. The lowest BCUT2D eigenvalue weighted by molar-refractivity contribution is 0.408. The zero-order chi connectivity index (χ0) is 19.7. The van der Waals surface area contributed by atoms with Gasteiger partial charge in [-0.2, -0.15) is 0 Å². The van der Waals surface area contributed by atoms with E-state index in [1.54, 1.807) is 6.07 Å². The fraction of sp³-hybridized carbons (Fsp3) is 0.368. The van der Waals surface area contributed by atoms with Crippen LogP contribution >= 0.6 is 11.8 Å². The van der Waals surface area contributed by atoms with Crippen LogP contribution in [0.3, 0.4) is 0 Å². The second kappa shape index (κ2) is 7.73. The van der Waals surface area contributed by atoms with Crippen LogP contribution in [0.4, 0.5) is 0 Å². The van der Waals surface area contributed by atoms with Crippen molar-refractivity contribution in [2.24, 2.45) is 0 Å². The molecule has 1 aromatic carbocycles. The summed E-state index contributed by atoms with van der Waals surface area (Å²) in [6.45, 7) is 0.723. The third-order valence-corrected chi connectivity index (χ3v) is 7.27. The summed E-state index contributed by atoms with van der Waals surface area (Å²) in [4.78, 5) is 0. The van der Waals surface area contributed by atoms with Crippen LogP contribution in [-0.2, 0) is 22.3 Å². The predicted molar refractivity (Wildman–Crippen MR) is 107 cm³/mol. The van der Waals surface area contributed by atoms with Gasteiger partial charge in [-0.1, -0.05) is 42.1 Å². The zero-order valence-electron chi connectivity index (χ0n) is 15.8. The molecule has 2 aromatic heterocycles. The van der Waals surface area contributed by atoms with Gasteiger partial charge in [0.05, 0.1) is 12.3 Å². The topological polar surface area (TPSA) is 81.2 Å². The summed E-state index contributed by atoms with van der Waals surface area (Å²) in [6, 6.07) is 13.4. The molecule has 0 spiro atoms. The summed E-state index contributed by atoms with van der Waals surface area (Å²) in [5, 5.41) is 9.57. The monoisotopic (exact) mass is 418 g/mol. The van der Waals surface area contributed by atoms with Crippen LogP contribution in [0.1, 0.15) is 35.9 Å². The summed E-state index contributed by atoms with van der Waals surface area (Å²) in [5.74, 6) is 2.60. The molecule has 1 aliphatic rings. The Kier molecular flexibility index (Phi) is 5.31. The Morgan fingerprint density at radius 3 is 2.57 bits per heavy atom. The first-order valence-corrected chi connectivity index (χ1v) is 11.5. The van der Waals surface area contributed by atoms with Gasteiger partial charge in [0.2, 0.25) is 5.09 Å². The van der Waals surface area contributed by atoms with Crippen molar-refractivity contribution < 1.29 is 12.8 Å². The van der Waals surface area contributed by atoms with Gasteiger partial charge < -0.3 is 8.98 Å². The Hall–Kier alpha value is -2.10. The number of thioether (sulfide) groups is 1. The van der Waals surface area contributed by atoms with Crippen molar-refractivity contribution in [3.63, 3.8) is 0 Å². The Balaban J connectivity index is 1.52. The number of rotatable bonds is 8. The van der Waals surface area contributed by atoms with Crippen molar-refractivity contribution >= 4 is 21.8 Å². The molecule has 0 unspecified atom stereocenters. The first kappa shape index (κ1) is 19.2. The summed E-state index contributed by atoms with van der Waals surface area (Å²) < 4.78 is 33.2. The molecule has 4 rings (SSSR count). The highest BCUT2D eigenvalue weighted by Crippen LogP contribution is 2.40.